The molecule has 0 saturated carbocycles. The molecule has 1 amide bonds. The van der Waals surface area contributed by atoms with Gasteiger partial charge in [-0.1, -0.05) is 24.3 Å². The minimum Gasteiger partial charge on any atom is -0.386 e. The summed E-state index contributed by atoms with van der Waals surface area (Å²) in [5.41, 5.74) is 0.184. The van der Waals surface area contributed by atoms with Gasteiger partial charge in [-0.05, 0) is 17.5 Å². The first-order valence-corrected chi connectivity index (χ1v) is 6.30. The van der Waals surface area contributed by atoms with Gasteiger partial charge >= 0.3 is 0 Å². The van der Waals surface area contributed by atoms with Crippen molar-refractivity contribution in [2.45, 2.75) is 6.10 Å². The highest BCUT2D eigenvalue weighted by molar-refractivity contribution is 7.12. The Morgan fingerprint density at radius 1 is 1.33 bits per heavy atom. The molecule has 1 aromatic heterocycles. The maximum Gasteiger partial charge on any atom is 0.261 e. The van der Waals surface area contributed by atoms with Gasteiger partial charge < -0.3 is 10.4 Å². The Kier molecular flexibility index (Phi) is 4.07. The Hall–Kier alpha value is -1.72. The second kappa shape index (κ2) is 5.75. The van der Waals surface area contributed by atoms with Crippen molar-refractivity contribution in [1.29, 1.82) is 0 Å². The zero-order valence-corrected chi connectivity index (χ0v) is 10.3. The molecule has 5 heteroatoms. The first kappa shape index (κ1) is 12.7. The van der Waals surface area contributed by atoms with E-state index in [1.54, 1.807) is 29.6 Å². The number of carbonyl (C=O) groups excluding carboxylic acids is 1. The molecular weight excluding hydrogens is 253 g/mol. The Balaban J connectivity index is 1.95. The van der Waals surface area contributed by atoms with E-state index in [1.165, 1.54) is 23.5 Å². The van der Waals surface area contributed by atoms with Crippen LogP contribution < -0.4 is 5.32 Å². The molecule has 2 aromatic rings. The van der Waals surface area contributed by atoms with Crippen molar-refractivity contribution in [3.63, 3.8) is 0 Å². The molecule has 2 N–H and O–H groups in total. The van der Waals surface area contributed by atoms with Crippen LogP contribution in [0, 0.1) is 5.82 Å². The number of aliphatic hydroxyl groups is 1. The van der Waals surface area contributed by atoms with Crippen LogP contribution in [0.25, 0.3) is 0 Å². The third-order valence-electron chi connectivity index (χ3n) is 2.47. The highest BCUT2D eigenvalue weighted by atomic mass is 32.1. The van der Waals surface area contributed by atoms with E-state index in [0.29, 0.717) is 4.88 Å². The number of thiophene rings is 1. The fourth-order valence-electron chi connectivity index (χ4n) is 1.54. The Bertz CT molecular complexity index is 528. The molecule has 0 aliphatic rings. The van der Waals surface area contributed by atoms with Crippen LogP contribution >= 0.6 is 11.3 Å². The highest BCUT2D eigenvalue weighted by Gasteiger charge is 2.14. The summed E-state index contributed by atoms with van der Waals surface area (Å²) in [5, 5.41) is 14.2. The topological polar surface area (TPSA) is 49.3 Å². The van der Waals surface area contributed by atoms with E-state index in [1.807, 2.05) is 0 Å². The standard InChI is InChI=1S/C13H12FNO2S/c14-10-5-2-1-4-9(10)11(16)8-15-13(17)12-6-3-7-18-12/h1-7,11,16H,8H2,(H,15,17). The minimum absolute atomic E-state index is 0.0162. The summed E-state index contributed by atoms with van der Waals surface area (Å²) < 4.78 is 13.4. The quantitative estimate of drug-likeness (QED) is 0.891. The van der Waals surface area contributed by atoms with Crippen molar-refractivity contribution < 1.29 is 14.3 Å². The first-order valence-electron chi connectivity index (χ1n) is 5.42. The van der Waals surface area contributed by atoms with Crippen LogP contribution in [-0.4, -0.2) is 17.6 Å². The van der Waals surface area contributed by atoms with Crippen LogP contribution in [0.2, 0.25) is 0 Å². The number of aliphatic hydroxyl groups excluding tert-OH is 1. The van der Waals surface area contributed by atoms with Gasteiger partial charge in [0.25, 0.3) is 5.91 Å². The molecule has 1 atom stereocenters. The van der Waals surface area contributed by atoms with E-state index in [0.717, 1.165) is 0 Å². The summed E-state index contributed by atoms with van der Waals surface area (Å²) in [6.45, 7) is -0.0162. The van der Waals surface area contributed by atoms with Gasteiger partial charge in [-0.2, -0.15) is 0 Å². The van der Waals surface area contributed by atoms with Gasteiger partial charge in [0.05, 0.1) is 11.0 Å². The van der Waals surface area contributed by atoms with Gasteiger partial charge in [-0.25, -0.2) is 4.39 Å². The molecule has 3 nitrogen and oxygen atoms in total. The molecule has 0 aliphatic carbocycles. The van der Waals surface area contributed by atoms with Gasteiger partial charge in [-0.3, -0.25) is 4.79 Å². The monoisotopic (exact) mass is 265 g/mol. The van der Waals surface area contributed by atoms with Crippen molar-refractivity contribution in [3.05, 3.63) is 58.0 Å². The van der Waals surface area contributed by atoms with E-state index in [-0.39, 0.29) is 18.0 Å². The molecule has 0 fully saturated rings. The predicted octanol–water partition coefficient (Wildman–Crippen LogP) is 2.35. The summed E-state index contributed by atoms with van der Waals surface area (Å²) >= 11 is 1.31. The molecule has 0 aliphatic heterocycles. The maximum atomic E-state index is 13.4. The first-order chi connectivity index (χ1) is 8.68. The van der Waals surface area contributed by atoms with Crippen molar-refractivity contribution in [2.24, 2.45) is 0 Å². The fourth-order valence-corrected chi connectivity index (χ4v) is 2.18. The van der Waals surface area contributed by atoms with Gasteiger partial charge in [0.15, 0.2) is 0 Å². The number of rotatable bonds is 4. The van der Waals surface area contributed by atoms with Crippen molar-refractivity contribution >= 4 is 17.2 Å². The zero-order chi connectivity index (χ0) is 13.0. The molecule has 18 heavy (non-hydrogen) atoms. The summed E-state index contributed by atoms with van der Waals surface area (Å²) in [4.78, 5) is 12.2. The summed E-state index contributed by atoms with van der Waals surface area (Å²) in [7, 11) is 0. The molecule has 2 rings (SSSR count). The van der Waals surface area contributed by atoms with Gasteiger partial charge in [0.1, 0.15) is 5.82 Å². The number of halogens is 1. The highest BCUT2D eigenvalue weighted by Crippen LogP contribution is 2.16. The molecule has 0 radical (unpaired) electrons. The second-order valence-electron chi connectivity index (χ2n) is 3.72. The van der Waals surface area contributed by atoms with E-state index in [2.05, 4.69) is 5.32 Å². The van der Waals surface area contributed by atoms with E-state index in [4.69, 9.17) is 0 Å². The lowest BCUT2D eigenvalue weighted by molar-refractivity contribution is 0.0918. The average molecular weight is 265 g/mol. The van der Waals surface area contributed by atoms with E-state index in [9.17, 15) is 14.3 Å². The van der Waals surface area contributed by atoms with Crippen molar-refractivity contribution in [2.75, 3.05) is 6.54 Å². The lowest BCUT2D eigenvalue weighted by Crippen LogP contribution is -2.28. The lowest BCUT2D eigenvalue weighted by atomic mass is 10.1. The number of hydrogen-bond donors (Lipinski definition) is 2. The Morgan fingerprint density at radius 2 is 2.11 bits per heavy atom. The smallest absolute Gasteiger partial charge is 0.261 e. The van der Waals surface area contributed by atoms with Crippen LogP contribution in [0.15, 0.2) is 41.8 Å². The molecule has 0 spiro atoms. The SMILES string of the molecule is O=C(NCC(O)c1ccccc1F)c1cccs1. The molecule has 94 valence electrons. The Labute approximate surface area is 108 Å². The van der Waals surface area contributed by atoms with Crippen LogP contribution in [-0.2, 0) is 0 Å². The van der Waals surface area contributed by atoms with E-state index >= 15 is 0 Å². The molecule has 1 aromatic carbocycles. The predicted molar refractivity (Wildman–Crippen MR) is 68.0 cm³/mol. The van der Waals surface area contributed by atoms with Gasteiger partial charge in [0, 0.05) is 12.1 Å². The summed E-state index contributed by atoms with van der Waals surface area (Å²) in [6.07, 6.45) is -1.05. The lowest BCUT2D eigenvalue weighted by Gasteiger charge is -2.12. The summed E-state index contributed by atoms with van der Waals surface area (Å²) in [5.74, 6) is -0.740. The largest absolute Gasteiger partial charge is 0.386 e. The minimum atomic E-state index is -1.05. The van der Waals surface area contributed by atoms with Crippen LogP contribution in [0.4, 0.5) is 4.39 Å². The Morgan fingerprint density at radius 3 is 2.78 bits per heavy atom. The normalized spacial score (nSPS) is 12.1. The van der Waals surface area contributed by atoms with Gasteiger partial charge in [-0.15, -0.1) is 11.3 Å². The maximum absolute atomic E-state index is 13.4. The second-order valence-corrected chi connectivity index (χ2v) is 4.67. The number of benzene rings is 1. The van der Waals surface area contributed by atoms with Crippen LogP contribution in [0.3, 0.4) is 0 Å². The third-order valence-corrected chi connectivity index (χ3v) is 3.33. The number of amides is 1. The van der Waals surface area contributed by atoms with Crippen molar-refractivity contribution in [3.8, 4) is 0 Å². The molecule has 0 bridgehead atoms. The zero-order valence-electron chi connectivity index (χ0n) is 9.47. The van der Waals surface area contributed by atoms with E-state index < -0.39 is 11.9 Å². The molecule has 1 unspecified atom stereocenters. The number of hydrogen-bond acceptors (Lipinski definition) is 3. The van der Waals surface area contributed by atoms with Crippen LogP contribution in [0.1, 0.15) is 21.3 Å². The average Bonchev–Trinajstić information content (AvgIpc) is 2.90. The van der Waals surface area contributed by atoms with Crippen LogP contribution in [0.5, 0.6) is 0 Å². The fraction of sp³-hybridized carbons (Fsp3) is 0.154. The third kappa shape index (κ3) is 2.94. The van der Waals surface area contributed by atoms with Crippen molar-refractivity contribution in [1.82, 2.24) is 5.32 Å². The summed E-state index contributed by atoms with van der Waals surface area (Å²) in [6, 6.07) is 9.43. The molecule has 1 heterocycles. The molecule has 0 saturated heterocycles. The number of nitrogens with one attached hydrogen (secondary N) is 1. The van der Waals surface area contributed by atoms with Gasteiger partial charge in [0.2, 0.25) is 0 Å². The molecular formula is C13H12FNO2S. The number of carbonyl (C=O) groups is 1.